The summed E-state index contributed by atoms with van der Waals surface area (Å²) in [4.78, 5) is 35.6. The van der Waals surface area contributed by atoms with Crippen molar-refractivity contribution in [2.45, 2.75) is 19.9 Å². The highest BCUT2D eigenvalue weighted by Crippen LogP contribution is 2.20. The van der Waals surface area contributed by atoms with Crippen molar-refractivity contribution in [1.82, 2.24) is 14.9 Å². The van der Waals surface area contributed by atoms with Crippen LogP contribution in [0.2, 0.25) is 0 Å². The molecule has 0 saturated carbocycles. The minimum atomic E-state index is -0.236. The van der Waals surface area contributed by atoms with E-state index < -0.39 is 0 Å². The second kappa shape index (κ2) is 7.60. The Hall–Kier alpha value is -3.54. The number of amides is 2. The van der Waals surface area contributed by atoms with Gasteiger partial charge in [-0.1, -0.05) is 35.9 Å². The maximum Gasteiger partial charge on any atom is 0.258 e. The zero-order valence-electron chi connectivity index (χ0n) is 15.6. The number of rotatable bonds is 3. The molecule has 2 heterocycles. The number of nitrogens with one attached hydrogen (secondary N) is 1. The van der Waals surface area contributed by atoms with Gasteiger partial charge in [-0.25, -0.2) is 9.97 Å². The first-order chi connectivity index (χ1) is 13.6. The molecule has 28 heavy (non-hydrogen) atoms. The lowest BCUT2D eigenvalue weighted by atomic mass is 10.1. The van der Waals surface area contributed by atoms with E-state index in [4.69, 9.17) is 0 Å². The molecule has 140 valence electrons. The summed E-state index contributed by atoms with van der Waals surface area (Å²) in [6, 6.07) is 16.6. The number of nitrogens with zero attached hydrogens (tertiary/aromatic N) is 3. The zero-order valence-corrected chi connectivity index (χ0v) is 15.6. The van der Waals surface area contributed by atoms with Crippen LogP contribution in [0.25, 0.3) is 0 Å². The van der Waals surface area contributed by atoms with E-state index in [0.29, 0.717) is 30.6 Å². The molecular weight excluding hydrogens is 352 g/mol. The summed E-state index contributed by atoms with van der Waals surface area (Å²) in [5, 5.41) is 2.75. The molecule has 0 bridgehead atoms. The molecule has 3 aromatic rings. The Labute approximate surface area is 163 Å². The molecule has 1 aliphatic heterocycles. The summed E-state index contributed by atoms with van der Waals surface area (Å²) in [5.41, 5.74) is 4.03. The van der Waals surface area contributed by atoms with Crippen LogP contribution in [0.15, 0.2) is 60.8 Å². The molecule has 0 unspecified atom stereocenters. The largest absolute Gasteiger partial charge is 0.334 e. The van der Waals surface area contributed by atoms with Crippen molar-refractivity contribution in [2.75, 3.05) is 11.9 Å². The molecule has 0 fully saturated rings. The van der Waals surface area contributed by atoms with E-state index >= 15 is 0 Å². The van der Waals surface area contributed by atoms with Crippen LogP contribution in [0.5, 0.6) is 0 Å². The number of carbonyl (C=O) groups excluding carboxylic acids is 2. The first kappa shape index (κ1) is 17.9. The van der Waals surface area contributed by atoms with Gasteiger partial charge in [-0.15, -0.1) is 0 Å². The van der Waals surface area contributed by atoms with Gasteiger partial charge in [0.15, 0.2) is 0 Å². The Balaban J connectivity index is 1.47. The normalized spacial score (nSPS) is 13.0. The van der Waals surface area contributed by atoms with E-state index in [1.54, 1.807) is 17.2 Å². The zero-order chi connectivity index (χ0) is 19.5. The van der Waals surface area contributed by atoms with Crippen LogP contribution in [0.4, 0.5) is 5.95 Å². The monoisotopic (exact) mass is 372 g/mol. The summed E-state index contributed by atoms with van der Waals surface area (Å²) in [6.07, 6.45) is 2.32. The lowest BCUT2D eigenvalue weighted by Gasteiger charge is -2.28. The van der Waals surface area contributed by atoms with E-state index in [1.165, 1.54) is 0 Å². The van der Waals surface area contributed by atoms with Gasteiger partial charge in [-0.3, -0.25) is 14.9 Å². The van der Waals surface area contributed by atoms with E-state index in [0.717, 1.165) is 16.8 Å². The summed E-state index contributed by atoms with van der Waals surface area (Å²) < 4.78 is 0. The Kier molecular flexibility index (Phi) is 4.85. The molecule has 1 aromatic heterocycles. The van der Waals surface area contributed by atoms with Crippen LogP contribution in [0, 0.1) is 6.92 Å². The number of hydrogen-bond donors (Lipinski definition) is 1. The second-order valence-electron chi connectivity index (χ2n) is 6.83. The van der Waals surface area contributed by atoms with Gasteiger partial charge in [0.25, 0.3) is 11.8 Å². The van der Waals surface area contributed by atoms with Crippen molar-refractivity contribution < 1.29 is 9.59 Å². The number of hydrogen-bond acceptors (Lipinski definition) is 4. The Morgan fingerprint density at radius 1 is 1.04 bits per heavy atom. The van der Waals surface area contributed by atoms with Gasteiger partial charge >= 0.3 is 0 Å². The van der Waals surface area contributed by atoms with Crippen LogP contribution in [-0.4, -0.2) is 33.2 Å². The van der Waals surface area contributed by atoms with Crippen molar-refractivity contribution in [3.05, 3.63) is 88.7 Å². The quantitative estimate of drug-likeness (QED) is 0.766. The standard InChI is InChI=1S/C22H20N4O2/c1-15-6-5-9-17(12-15)20(27)25-22-23-13-18-14-26(11-10-19(18)24-22)21(28)16-7-3-2-4-8-16/h2-9,12-13H,10-11,14H2,1H3,(H,23,24,25,27). The topological polar surface area (TPSA) is 75.2 Å². The summed E-state index contributed by atoms with van der Waals surface area (Å²) in [7, 11) is 0. The van der Waals surface area contributed by atoms with Crippen molar-refractivity contribution >= 4 is 17.8 Å². The van der Waals surface area contributed by atoms with Crippen LogP contribution in [0.3, 0.4) is 0 Å². The Bertz CT molecular complexity index is 1030. The summed E-state index contributed by atoms with van der Waals surface area (Å²) in [6.45, 7) is 2.99. The van der Waals surface area contributed by atoms with Gasteiger partial charge in [0.05, 0.1) is 5.69 Å². The Morgan fingerprint density at radius 3 is 2.61 bits per heavy atom. The van der Waals surface area contributed by atoms with Gasteiger partial charge in [-0.2, -0.15) is 0 Å². The number of benzene rings is 2. The third-order valence-electron chi connectivity index (χ3n) is 4.75. The highest BCUT2D eigenvalue weighted by Gasteiger charge is 2.23. The third kappa shape index (κ3) is 3.76. The van der Waals surface area contributed by atoms with Crippen LogP contribution < -0.4 is 5.32 Å². The number of anilines is 1. The molecule has 6 heteroatoms. The summed E-state index contributed by atoms with van der Waals surface area (Å²) in [5.74, 6) is 0.0523. The van der Waals surface area contributed by atoms with Gasteiger partial charge in [0.2, 0.25) is 5.95 Å². The minimum absolute atomic E-state index is 0.00285. The van der Waals surface area contributed by atoms with Gasteiger partial charge < -0.3 is 4.90 Å². The van der Waals surface area contributed by atoms with Crippen LogP contribution in [0.1, 0.15) is 37.5 Å². The van der Waals surface area contributed by atoms with Crippen LogP contribution >= 0.6 is 0 Å². The lowest BCUT2D eigenvalue weighted by Crippen LogP contribution is -2.36. The van der Waals surface area contributed by atoms with E-state index in [2.05, 4.69) is 15.3 Å². The van der Waals surface area contributed by atoms with Crippen molar-refractivity contribution in [2.24, 2.45) is 0 Å². The predicted molar refractivity (Wildman–Crippen MR) is 106 cm³/mol. The molecule has 0 atom stereocenters. The molecule has 0 saturated heterocycles. The number of carbonyl (C=O) groups is 2. The third-order valence-corrected chi connectivity index (χ3v) is 4.75. The molecule has 1 aliphatic rings. The average Bonchev–Trinajstić information content (AvgIpc) is 2.73. The molecule has 0 radical (unpaired) electrons. The smallest absolute Gasteiger partial charge is 0.258 e. The van der Waals surface area contributed by atoms with Crippen LogP contribution in [-0.2, 0) is 13.0 Å². The fraction of sp³-hybridized carbons (Fsp3) is 0.182. The van der Waals surface area contributed by atoms with Crippen molar-refractivity contribution in [3.8, 4) is 0 Å². The molecule has 4 rings (SSSR count). The van der Waals surface area contributed by atoms with Crippen molar-refractivity contribution in [3.63, 3.8) is 0 Å². The van der Waals surface area contributed by atoms with Crippen molar-refractivity contribution in [1.29, 1.82) is 0 Å². The maximum atomic E-state index is 12.6. The second-order valence-corrected chi connectivity index (χ2v) is 6.83. The molecule has 2 aromatic carbocycles. The molecule has 0 spiro atoms. The SMILES string of the molecule is Cc1cccc(C(=O)Nc2ncc3c(n2)CCN(C(=O)c2ccccc2)C3)c1. The maximum absolute atomic E-state index is 12.6. The lowest BCUT2D eigenvalue weighted by molar-refractivity contribution is 0.0733. The molecule has 0 aliphatic carbocycles. The van der Waals surface area contributed by atoms with Gasteiger partial charge in [-0.05, 0) is 31.2 Å². The molecule has 6 nitrogen and oxygen atoms in total. The van der Waals surface area contributed by atoms with E-state index in [9.17, 15) is 9.59 Å². The Morgan fingerprint density at radius 2 is 1.82 bits per heavy atom. The fourth-order valence-corrected chi connectivity index (χ4v) is 3.27. The molecular formula is C22H20N4O2. The molecule has 2 amide bonds. The number of fused-ring (bicyclic) bond motifs is 1. The summed E-state index contributed by atoms with van der Waals surface area (Å²) >= 11 is 0. The van der Waals surface area contributed by atoms with E-state index in [-0.39, 0.29) is 17.8 Å². The van der Waals surface area contributed by atoms with E-state index in [1.807, 2.05) is 55.5 Å². The number of aromatic nitrogens is 2. The van der Waals surface area contributed by atoms with Gasteiger partial charge in [0, 0.05) is 42.4 Å². The number of aryl methyl sites for hydroxylation is 1. The molecule has 1 N–H and O–H groups in total. The predicted octanol–water partition coefficient (Wildman–Crippen LogP) is 3.24. The minimum Gasteiger partial charge on any atom is -0.334 e. The first-order valence-electron chi connectivity index (χ1n) is 9.17. The highest BCUT2D eigenvalue weighted by atomic mass is 16.2. The van der Waals surface area contributed by atoms with Gasteiger partial charge in [0.1, 0.15) is 0 Å². The highest BCUT2D eigenvalue weighted by molar-refractivity contribution is 6.03. The first-order valence-corrected chi connectivity index (χ1v) is 9.17. The average molecular weight is 372 g/mol. The fourth-order valence-electron chi connectivity index (χ4n) is 3.27.